The highest BCUT2D eigenvalue weighted by molar-refractivity contribution is 9.10. The Morgan fingerprint density at radius 1 is 1.55 bits per heavy atom. The summed E-state index contributed by atoms with van der Waals surface area (Å²) in [4.78, 5) is 2.41. The molecule has 0 spiro atoms. The highest BCUT2D eigenvalue weighted by atomic mass is 79.9. The predicted molar refractivity (Wildman–Crippen MR) is 87.1 cm³/mol. The van der Waals surface area contributed by atoms with Crippen molar-refractivity contribution in [1.29, 1.82) is 0 Å². The Balaban J connectivity index is 2.25. The van der Waals surface area contributed by atoms with Crippen molar-refractivity contribution in [2.24, 2.45) is 5.73 Å². The molecule has 1 aliphatic rings. The van der Waals surface area contributed by atoms with Gasteiger partial charge in [-0.05, 0) is 54.4 Å². The minimum Gasteiger partial charge on any atom is -0.370 e. The molecule has 112 valence electrons. The van der Waals surface area contributed by atoms with E-state index in [0.29, 0.717) is 6.54 Å². The van der Waals surface area contributed by atoms with Crippen LogP contribution >= 0.6 is 27.5 Å². The molecule has 1 saturated heterocycles. The zero-order chi connectivity index (χ0) is 14.9. The molecule has 0 aromatic heterocycles. The van der Waals surface area contributed by atoms with Gasteiger partial charge in [-0.1, -0.05) is 17.7 Å². The minimum atomic E-state index is -0.144. The van der Waals surface area contributed by atoms with Gasteiger partial charge < -0.3 is 10.5 Å². The van der Waals surface area contributed by atoms with Crippen LogP contribution in [-0.2, 0) is 4.74 Å². The third-order valence-electron chi connectivity index (χ3n) is 3.59. The first-order chi connectivity index (χ1) is 9.32. The van der Waals surface area contributed by atoms with Gasteiger partial charge in [-0.3, -0.25) is 4.90 Å². The van der Waals surface area contributed by atoms with Crippen molar-refractivity contribution in [1.82, 2.24) is 4.90 Å². The van der Waals surface area contributed by atoms with Crippen LogP contribution in [0.2, 0.25) is 5.02 Å². The third kappa shape index (κ3) is 3.74. The fourth-order valence-electron chi connectivity index (χ4n) is 2.96. The number of hydrogen-bond acceptors (Lipinski definition) is 3. The maximum absolute atomic E-state index is 6.07. The second-order valence-corrected chi connectivity index (χ2v) is 7.30. The molecule has 1 fully saturated rings. The van der Waals surface area contributed by atoms with E-state index >= 15 is 0 Å². The fourth-order valence-corrected chi connectivity index (χ4v) is 3.47. The van der Waals surface area contributed by atoms with E-state index in [9.17, 15) is 0 Å². The molecular formula is C15H22BrClN2O. The van der Waals surface area contributed by atoms with Gasteiger partial charge in [0.05, 0.1) is 16.7 Å². The summed E-state index contributed by atoms with van der Waals surface area (Å²) in [5.41, 5.74) is 7.07. The molecule has 0 bridgehead atoms. The van der Waals surface area contributed by atoms with Crippen LogP contribution in [-0.4, -0.2) is 36.2 Å². The summed E-state index contributed by atoms with van der Waals surface area (Å²) in [5.74, 6) is 0. The number of morpholine rings is 1. The Kier molecular flexibility index (Phi) is 5.14. The molecule has 0 radical (unpaired) electrons. The number of hydrogen-bond donors (Lipinski definition) is 1. The van der Waals surface area contributed by atoms with Gasteiger partial charge in [-0.25, -0.2) is 0 Å². The molecule has 2 atom stereocenters. The zero-order valence-electron chi connectivity index (χ0n) is 12.2. The molecule has 1 heterocycles. The maximum atomic E-state index is 6.07. The Morgan fingerprint density at radius 3 is 2.80 bits per heavy atom. The average molecular weight is 362 g/mol. The number of nitrogens with zero attached hydrogens (tertiary/aromatic N) is 1. The Bertz CT molecular complexity index is 481. The van der Waals surface area contributed by atoms with E-state index in [1.807, 2.05) is 6.07 Å². The lowest BCUT2D eigenvalue weighted by molar-refractivity contribution is -0.137. The van der Waals surface area contributed by atoms with Gasteiger partial charge >= 0.3 is 0 Å². The van der Waals surface area contributed by atoms with Gasteiger partial charge in [-0.2, -0.15) is 0 Å². The lowest BCUT2D eigenvalue weighted by Gasteiger charge is -2.45. The SMILES string of the molecule is CC1CN(C(CN)c2ccc(Cl)c(Br)c2)CC(C)(C)O1. The summed E-state index contributed by atoms with van der Waals surface area (Å²) in [6, 6.07) is 6.22. The van der Waals surface area contributed by atoms with Crippen LogP contribution in [0, 0.1) is 0 Å². The lowest BCUT2D eigenvalue weighted by atomic mass is 9.99. The van der Waals surface area contributed by atoms with E-state index < -0.39 is 0 Å². The van der Waals surface area contributed by atoms with Crippen LogP contribution in [0.4, 0.5) is 0 Å². The average Bonchev–Trinajstić information content (AvgIpc) is 2.32. The van der Waals surface area contributed by atoms with Gasteiger partial charge in [0.1, 0.15) is 0 Å². The molecule has 0 amide bonds. The summed E-state index contributed by atoms with van der Waals surface area (Å²) < 4.78 is 6.88. The van der Waals surface area contributed by atoms with E-state index in [2.05, 4.69) is 53.7 Å². The number of rotatable bonds is 3. The number of halogens is 2. The standard InChI is InChI=1S/C15H22BrClN2O/c1-10-8-19(9-15(2,3)20-10)14(7-18)11-4-5-13(17)12(16)6-11/h4-6,10,14H,7-9,18H2,1-3H3. The van der Waals surface area contributed by atoms with Crippen LogP contribution in [0.5, 0.6) is 0 Å². The van der Waals surface area contributed by atoms with Crippen molar-refractivity contribution in [3.63, 3.8) is 0 Å². The zero-order valence-corrected chi connectivity index (χ0v) is 14.5. The predicted octanol–water partition coefficient (Wildman–Crippen LogP) is 3.60. The molecule has 0 saturated carbocycles. The summed E-state index contributed by atoms with van der Waals surface area (Å²) in [6.45, 7) is 8.71. The quantitative estimate of drug-likeness (QED) is 0.894. The van der Waals surface area contributed by atoms with E-state index in [1.165, 1.54) is 5.56 Å². The fraction of sp³-hybridized carbons (Fsp3) is 0.600. The van der Waals surface area contributed by atoms with E-state index in [1.54, 1.807) is 0 Å². The van der Waals surface area contributed by atoms with Crippen molar-refractivity contribution < 1.29 is 4.74 Å². The van der Waals surface area contributed by atoms with E-state index in [-0.39, 0.29) is 17.7 Å². The smallest absolute Gasteiger partial charge is 0.0757 e. The molecule has 2 unspecified atom stereocenters. The van der Waals surface area contributed by atoms with E-state index in [4.69, 9.17) is 22.1 Å². The second kappa shape index (κ2) is 6.32. The van der Waals surface area contributed by atoms with Crippen LogP contribution in [0.1, 0.15) is 32.4 Å². The van der Waals surface area contributed by atoms with Crippen molar-refractivity contribution >= 4 is 27.5 Å². The van der Waals surface area contributed by atoms with Crippen molar-refractivity contribution in [2.75, 3.05) is 19.6 Å². The molecule has 1 aromatic rings. The first-order valence-electron chi connectivity index (χ1n) is 6.89. The molecular weight excluding hydrogens is 340 g/mol. The van der Waals surface area contributed by atoms with Crippen LogP contribution < -0.4 is 5.73 Å². The Labute approximate surface area is 134 Å². The van der Waals surface area contributed by atoms with Gasteiger partial charge in [0.15, 0.2) is 0 Å². The monoisotopic (exact) mass is 360 g/mol. The number of nitrogens with two attached hydrogens (primary N) is 1. The molecule has 2 rings (SSSR count). The van der Waals surface area contributed by atoms with Gasteiger partial charge in [0, 0.05) is 30.1 Å². The van der Waals surface area contributed by atoms with E-state index in [0.717, 1.165) is 22.6 Å². The number of ether oxygens (including phenoxy) is 1. The molecule has 3 nitrogen and oxygen atoms in total. The number of benzene rings is 1. The molecule has 1 aromatic carbocycles. The lowest BCUT2D eigenvalue weighted by Crippen LogP contribution is -2.53. The summed E-state index contributed by atoms with van der Waals surface area (Å²) >= 11 is 9.56. The molecule has 1 aliphatic heterocycles. The normalized spacial score (nSPS) is 24.6. The largest absolute Gasteiger partial charge is 0.370 e. The first-order valence-corrected chi connectivity index (χ1v) is 8.06. The summed E-state index contributed by atoms with van der Waals surface area (Å²) in [5, 5.41) is 0.722. The molecule has 5 heteroatoms. The third-order valence-corrected chi connectivity index (χ3v) is 4.80. The molecule has 0 aliphatic carbocycles. The van der Waals surface area contributed by atoms with Crippen molar-refractivity contribution in [3.8, 4) is 0 Å². The molecule has 2 N–H and O–H groups in total. The maximum Gasteiger partial charge on any atom is 0.0757 e. The minimum absolute atomic E-state index is 0.144. The van der Waals surface area contributed by atoms with Crippen molar-refractivity contribution in [2.45, 2.75) is 38.5 Å². The van der Waals surface area contributed by atoms with Crippen LogP contribution in [0.3, 0.4) is 0 Å². The van der Waals surface area contributed by atoms with Gasteiger partial charge in [0.25, 0.3) is 0 Å². The molecule has 20 heavy (non-hydrogen) atoms. The van der Waals surface area contributed by atoms with Crippen LogP contribution in [0.15, 0.2) is 22.7 Å². The Morgan fingerprint density at radius 2 is 2.25 bits per heavy atom. The van der Waals surface area contributed by atoms with Gasteiger partial charge in [-0.15, -0.1) is 0 Å². The summed E-state index contributed by atoms with van der Waals surface area (Å²) in [6.07, 6.45) is 0.212. The topological polar surface area (TPSA) is 38.5 Å². The highest BCUT2D eigenvalue weighted by Crippen LogP contribution is 2.31. The summed E-state index contributed by atoms with van der Waals surface area (Å²) in [7, 11) is 0. The highest BCUT2D eigenvalue weighted by Gasteiger charge is 2.34. The van der Waals surface area contributed by atoms with Crippen LogP contribution in [0.25, 0.3) is 0 Å². The van der Waals surface area contributed by atoms with Crippen molar-refractivity contribution in [3.05, 3.63) is 33.3 Å². The first kappa shape index (κ1) is 16.2. The van der Waals surface area contributed by atoms with Gasteiger partial charge in [0.2, 0.25) is 0 Å². The second-order valence-electron chi connectivity index (χ2n) is 6.04. The Hall–Kier alpha value is -0.130.